The Morgan fingerprint density at radius 3 is 2.15 bits per heavy atom. The van der Waals surface area contributed by atoms with Crippen molar-refractivity contribution >= 4 is 35.6 Å². The number of likely N-dealkylation sites (N-methyl/N-ethyl adjacent to an activating group) is 1. The monoisotopic (exact) mass is 897 g/mol. The third-order valence-electron chi connectivity index (χ3n) is 10.6. The molecule has 2 heterocycles. The molecule has 1 aliphatic rings. The average Bonchev–Trinajstić information content (AvgIpc) is 3.30. The lowest BCUT2D eigenvalue weighted by Crippen LogP contribution is -2.56. The van der Waals surface area contributed by atoms with Gasteiger partial charge in [0.25, 0.3) is 5.91 Å². The molecule has 4 bridgehead atoms. The van der Waals surface area contributed by atoms with Crippen LogP contribution in [0.1, 0.15) is 69.2 Å². The zero-order chi connectivity index (χ0) is 47.9. The maximum atomic E-state index is 14.7. The van der Waals surface area contributed by atoms with Crippen molar-refractivity contribution in [3.63, 3.8) is 0 Å². The van der Waals surface area contributed by atoms with Crippen LogP contribution in [0, 0.1) is 37.0 Å². The van der Waals surface area contributed by atoms with Crippen LogP contribution >= 0.6 is 0 Å². The number of carbonyl (C=O) groups excluding carboxylic acids is 5. The number of fused-ring (bicyclic) bond motifs is 5. The van der Waals surface area contributed by atoms with Crippen molar-refractivity contribution in [2.24, 2.45) is 17.2 Å². The number of ether oxygens (including phenoxy) is 2. The minimum absolute atomic E-state index is 0.00432. The van der Waals surface area contributed by atoms with E-state index in [1.165, 1.54) is 18.9 Å². The molecule has 18 nitrogen and oxygen atoms in total. The number of rotatable bonds is 15. The minimum atomic E-state index is -1.42. The summed E-state index contributed by atoms with van der Waals surface area (Å²) in [6, 6.07) is 14.4. The van der Waals surface area contributed by atoms with E-state index in [1.54, 1.807) is 56.3 Å². The second-order valence-corrected chi connectivity index (χ2v) is 15.4. The maximum Gasteiger partial charge on any atom is 0.255 e. The van der Waals surface area contributed by atoms with Crippen molar-refractivity contribution < 1.29 is 33.4 Å². The highest BCUT2D eigenvalue weighted by Crippen LogP contribution is 2.40. The van der Waals surface area contributed by atoms with E-state index in [2.05, 4.69) is 49.7 Å². The highest BCUT2D eigenvalue weighted by Gasteiger charge is 2.36. The molecule has 0 aliphatic carbocycles. The number of nitrogens with one attached hydrogen (secondary N) is 4. The fraction of sp³-hybridized carbons (Fsp3) is 0.333. The number of carbonyl (C=O) groups is 5. The highest BCUT2D eigenvalue weighted by atomic mass is 16.5. The summed E-state index contributed by atoms with van der Waals surface area (Å²) in [5.41, 5.74) is 22.0. The lowest BCUT2D eigenvalue weighted by molar-refractivity contribution is -0.141. The van der Waals surface area contributed by atoms with Crippen LogP contribution in [0.5, 0.6) is 11.5 Å². The number of benzene rings is 3. The lowest BCUT2D eigenvalue weighted by Gasteiger charge is -2.32. The molecule has 66 heavy (non-hydrogen) atoms. The molecule has 0 saturated heterocycles. The van der Waals surface area contributed by atoms with E-state index in [1.807, 2.05) is 30.3 Å². The first-order chi connectivity index (χ1) is 31.7. The van der Waals surface area contributed by atoms with Gasteiger partial charge in [-0.25, -0.2) is 9.97 Å². The van der Waals surface area contributed by atoms with Crippen LogP contribution in [0.25, 0.3) is 17.2 Å². The summed E-state index contributed by atoms with van der Waals surface area (Å²) in [6.07, 6.45) is 1.71. The van der Waals surface area contributed by atoms with E-state index in [0.29, 0.717) is 45.1 Å². The summed E-state index contributed by atoms with van der Waals surface area (Å²) < 4.78 is 12.2. The molecule has 18 heteroatoms. The van der Waals surface area contributed by atoms with Gasteiger partial charge in [0.15, 0.2) is 0 Å². The number of hydrogen-bond acceptors (Lipinski definition) is 13. The van der Waals surface area contributed by atoms with E-state index in [0.717, 1.165) is 11.1 Å². The Hall–Kier alpha value is -7.64. The molecule has 0 fully saturated rings. The van der Waals surface area contributed by atoms with Crippen molar-refractivity contribution in [3.8, 4) is 40.5 Å². The molecule has 1 aromatic heterocycles. The Labute approximate surface area is 383 Å². The maximum absolute atomic E-state index is 14.7. The molecule has 5 amide bonds. The van der Waals surface area contributed by atoms with Crippen LogP contribution in [-0.2, 0) is 25.6 Å². The van der Waals surface area contributed by atoms with E-state index in [9.17, 15) is 24.0 Å². The van der Waals surface area contributed by atoms with E-state index < -0.39 is 53.7 Å². The molecule has 0 spiro atoms. The zero-order valence-electron chi connectivity index (χ0n) is 37.4. The van der Waals surface area contributed by atoms with Gasteiger partial charge >= 0.3 is 0 Å². The molecule has 5 rings (SSSR count). The predicted molar refractivity (Wildman–Crippen MR) is 247 cm³/mol. The van der Waals surface area contributed by atoms with Gasteiger partial charge in [-0.05, 0) is 92.7 Å². The molecule has 1 aliphatic heterocycles. The third kappa shape index (κ3) is 12.3. The molecule has 0 saturated carbocycles. The van der Waals surface area contributed by atoms with Crippen LogP contribution in [0.3, 0.4) is 0 Å². The number of nitrogens with two attached hydrogens (primary N) is 3. The SMILES string of the molecule is C=Cc1ccc(C#Cc2nc(C)c(C(=O)N[C@@H](CCN)C(=O)N(C)[C@@H]3C(=O)N[C@@H](C)C(=O)N[C@H](C(=O)NCC#N)Cc4ccc(OCCN)c(c4)-c4cc3ccc4OCCN)c(C)n2)cc1. The van der Waals surface area contributed by atoms with Crippen LogP contribution < -0.4 is 47.9 Å². The van der Waals surface area contributed by atoms with Crippen LogP contribution in [0.2, 0.25) is 0 Å². The molecule has 344 valence electrons. The number of aromatic nitrogens is 2. The van der Waals surface area contributed by atoms with E-state index in [-0.39, 0.29) is 63.6 Å². The van der Waals surface area contributed by atoms with Gasteiger partial charge in [-0.2, -0.15) is 5.26 Å². The first-order valence-electron chi connectivity index (χ1n) is 21.3. The fourth-order valence-electron chi connectivity index (χ4n) is 7.29. The van der Waals surface area contributed by atoms with Crippen molar-refractivity contribution in [2.75, 3.05) is 46.4 Å². The van der Waals surface area contributed by atoms with Gasteiger partial charge in [0.1, 0.15) is 55.4 Å². The highest BCUT2D eigenvalue weighted by molar-refractivity contribution is 6.00. The molecular formula is C48H55N11O7. The summed E-state index contributed by atoms with van der Waals surface area (Å²) in [4.78, 5) is 80.4. The molecule has 0 unspecified atom stereocenters. The minimum Gasteiger partial charge on any atom is -0.492 e. The first kappa shape index (κ1) is 49.4. The smallest absolute Gasteiger partial charge is 0.255 e. The Morgan fingerprint density at radius 2 is 1.55 bits per heavy atom. The van der Waals surface area contributed by atoms with Gasteiger partial charge in [0, 0.05) is 43.2 Å². The topological polar surface area (TPSA) is 283 Å². The lowest BCUT2D eigenvalue weighted by atomic mass is 9.93. The summed E-state index contributed by atoms with van der Waals surface area (Å²) in [5.74, 6) is 3.49. The van der Waals surface area contributed by atoms with E-state index >= 15 is 0 Å². The second kappa shape index (κ2) is 23.3. The zero-order valence-corrected chi connectivity index (χ0v) is 37.4. The van der Waals surface area contributed by atoms with Gasteiger partial charge in [-0.15, -0.1) is 0 Å². The van der Waals surface area contributed by atoms with Crippen LogP contribution in [-0.4, -0.2) is 109 Å². The van der Waals surface area contributed by atoms with Crippen molar-refractivity contribution in [2.45, 2.75) is 57.8 Å². The van der Waals surface area contributed by atoms with Gasteiger partial charge < -0.3 is 52.8 Å². The fourth-order valence-corrected chi connectivity index (χ4v) is 7.29. The number of nitriles is 1. The van der Waals surface area contributed by atoms with Gasteiger partial charge in [0.05, 0.1) is 23.0 Å². The number of nitrogens with zero attached hydrogens (tertiary/aromatic N) is 4. The van der Waals surface area contributed by atoms with Gasteiger partial charge in [-0.1, -0.05) is 42.8 Å². The van der Waals surface area contributed by atoms with Gasteiger partial charge in [-0.3, -0.25) is 24.0 Å². The first-order valence-corrected chi connectivity index (χ1v) is 21.3. The summed E-state index contributed by atoms with van der Waals surface area (Å²) in [6.45, 7) is 8.79. The normalized spacial score (nSPS) is 16.1. The Balaban J connectivity index is 1.56. The van der Waals surface area contributed by atoms with Crippen LogP contribution in [0.4, 0.5) is 0 Å². The Bertz CT molecular complexity index is 2540. The third-order valence-corrected chi connectivity index (χ3v) is 10.6. The van der Waals surface area contributed by atoms with Crippen molar-refractivity contribution in [1.82, 2.24) is 36.1 Å². The number of aryl methyl sites for hydroxylation is 2. The summed E-state index contributed by atoms with van der Waals surface area (Å²) in [7, 11) is 1.40. The van der Waals surface area contributed by atoms with Crippen molar-refractivity contribution in [1.29, 1.82) is 5.26 Å². The molecule has 0 radical (unpaired) electrons. The molecule has 3 aromatic carbocycles. The van der Waals surface area contributed by atoms with Crippen LogP contribution in [0.15, 0.2) is 67.2 Å². The average molecular weight is 898 g/mol. The molecule has 4 atom stereocenters. The molecule has 10 N–H and O–H groups in total. The summed E-state index contributed by atoms with van der Waals surface area (Å²) in [5, 5.41) is 19.9. The number of amides is 5. The van der Waals surface area contributed by atoms with Crippen molar-refractivity contribution in [3.05, 3.63) is 112 Å². The Morgan fingerprint density at radius 1 is 0.909 bits per heavy atom. The quantitative estimate of drug-likeness (QED) is 0.0656. The largest absolute Gasteiger partial charge is 0.492 e. The molecule has 4 aromatic rings. The predicted octanol–water partition coefficient (Wildman–Crippen LogP) is 1.31. The Kier molecular flexibility index (Phi) is 17.5. The number of hydrogen-bond donors (Lipinski definition) is 7. The molecular weight excluding hydrogens is 843 g/mol. The van der Waals surface area contributed by atoms with Gasteiger partial charge in [0.2, 0.25) is 29.5 Å². The standard InChI is InChI=1S/C48H55N11O7/c1-6-31-7-9-32(10-8-31)12-16-41-54-28(2)42(29(3)55-41)46(62)57-37(17-18-49)48(64)59(5)43-34-13-15-40(66-24-21-52)36(27-34)35-25-33(11-14-39(35)65-23-20-51)26-38(45(61)53-22-19-50)58-44(60)30(4)56-47(43)63/h6-11,13-15,25,27,30,37-38,43H,1,17-18,20-24,26,49,51-52H2,2-5H3,(H,53,61)(H,56,63)(H,57,62)(H,58,60)/t30-,37-,38-,43-/m0/s1. The second-order valence-electron chi connectivity index (χ2n) is 15.4. The van der Waals surface area contributed by atoms with E-state index in [4.69, 9.17) is 31.9 Å². The summed E-state index contributed by atoms with van der Waals surface area (Å²) >= 11 is 0.